The average Bonchev–Trinajstić information content (AvgIpc) is 3.49. The highest BCUT2D eigenvalue weighted by Crippen LogP contribution is 2.35. The summed E-state index contributed by atoms with van der Waals surface area (Å²) >= 11 is 6.19. The standard InChI is InChI=1S/C22H14ClF3N8O/c1-12-8-13-4-2-3-5-15(13)19(31-12)33-18(22(24,25)26)16(11-30-33)21(35)32-14-9-17(23)20(27-10-14)34-28-6-7-29-34/h2-11H,1H3,(H,32,35). The molecule has 5 rings (SSSR count). The van der Waals surface area contributed by atoms with Crippen molar-refractivity contribution in [1.82, 2.24) is 34.7 Å². The van der Waals surface area contributed by atoms with Gasteiger partial charge in [-0.2, -0.15) is 28.5 Å². The smallest absolute Gasteiger partial charge is 0.320 e. The van der Waals surface area contributed by atoms with Crippen molar-refractivity contribution >= 4 is 34.0 Å². The first kappa shape index (κ1) is 22.5. The Morgan fingerprint density at radius 1 is 1.03 bits per heavy atom. The SMILES string of the molecule is Cc1cc2ccccc2c(-n2ncc(C(=O)Nc3cnc(-n4nccn4)c(Cl)c3)c2C(F)(F)F)n1. The Morgan fingerprint density at radius 2 is 1.77 bits per heavy atom. The second kappa shape index (κ2) is 8.47. The van der Waals surface area contributed by atoms with E-state index < -0.39 is 23.3 Å². The topological polar surface area (TPSA) is 103 Å². The van der Waals surface area contributed by atoms with Crippen LogP contribution in [0.25, 0.3) is 22.4 Å². The molecular weight excluding hydrogens is 485 g/mol. The lowest BCUT2D eigenvalue weighted by atomic mass is 10.1. The molecule has 1 aromatic carbocycles. The normalized spacial score (nSPS) is 11.7. The highest BCUT2D eigenvalue weighted by molar-refractivity contribution is 6.32. The van der Waals surface area contributed by atoms with Crippen LogP contribution in [-0.2, 0) is 6.18 Å². The number of aryl methyl sites for hydroxylation is 1. The molecule has 13 heteroatoms. The summed E-state index contributed by atoms with van der Waals surface area (Å²) in [7, 11) is 0. The van der Waals surface area contributed by atoms with Crippen LogP contribution >= 0.6 is 11.6 Å². The molecule has 0 unspecified atom stereocenters. The number of fused-ring (bicyclic) bond motifs is 1. The van der Waals surface area contributed by atoms with Crippen molar-refractivity contribution in [3.63, 3.8) is 0 Å². The minimum Gasteiger partial charge on any atom is -0.320 e. The number of carbonyl (C=O) groups excluding carboxylic acids is 1. The molecule has 9 nitrogen and oxygen atoms in total. The van der Waals surface area contributed by atoms with Crippen LogP contribution in [0, 0.1) is 6.92 Å². The van der Waals surface area contributed by atoms with E-state index in [9.17, 15) is 18.0 Å². The maximum absolute atomic E-state index is 14.2. The highest BCUT2D eigenvalue weighted by atomic mass is 35.5. The molecule has 0 spiro atoms. The van der Waals surface area contributed by atoms with Crippen LogP contribution in [0.1, 0.15) is 21.7 Å². The average molecular weight is 499 g/mol. The lowest BCUT2D eigenvalue weighted by Gasteiger charge is -2.14. The monoisotopic (exact) mass is 498 g/mol. The number of pyridine rings is 2. The zero-order valence-electron chi connectivity index (χ0n) is 17.8. The summed E-state index contributed by atoms with van der Waals surface area (Å²) in [6.45, 7) is 1.67. The van der Waals surface area contributed by atoms with Crippen LogP contribution in [0.3, 0.4) is 0 Å². The number of nitrogens with one attached hydrogen (secondary N) is 1. The number of hydrogen-bond acceptors (Lipinski definition) is 6. The Bertz CT molecular complexity index is 1560. The van der Waals surface area contributed by atoms with Crippen molar-refractivity contribution in [2.75, 3.05) is 5.32 Å². The van der Waals surface area contributed by atoms with Gasteiger partial charge in [0, 0.05) is 11.1 Å². The number of anilines is 1. The molecule has 0 saturated carbocycles. The van der Waals surface area contributed by atoms with Gasteiger partial charge in [0.05, 0.1) is 41.1 Å². The molecular formula is C22H14ClF3N8O. The minimum atomic E-state index is -4.90. The van der Waals surface area contributed by atoms with Crippen molar-refractivity contribution in [2.24, 2.45) is 0 Å². The molecule has 0 aliphatic carbocycles. The summed E-state index contributed by atoms with van der Waals surface area (Å²) in [5.74, 6) is -0.882. The third-order valence-corrected chi connectivity index (χ3v) is 5.30. The van der Waals surface area contributed by atoms with E-state index in [1.807, 2.05) is 0 Å². The van der Waals surface area contributed by atoms with Gasteiger partial charge in [0.2, 0.25) is 0 Å². The Hall–Kier alpha value is -4.32. The molecule has 0 radical (unpaired) electrons. The molecule has 1 N–H and O–H groups in total. The fourth-order valence-electron chi connectivity index (χ4n) is 3.59. The van der Waals surface area contributed by atoms with E-state index in [1.165, 1.54) is 29.5 Å². The summed E-state index contributed by atoms with van der Waals surface area (Å²) in [4.78, 5) is 22.4. The van der Waals surface area contributed by atoms with Crippen LogP contribution in [0.4, 0.5) is 18.9 Å². The Morgan fingerprint density at radius 3 is 2.49 bits per heavy atom. The summed E-state index contributed by atoms with van der Waals surface area (Å²) < 4.78 is 43.2. The van der Waals surface area contributed by atoms with Gasteiger partial charge in [-0.05, 0) is 24.4 Å². The van der Waals surface area contributed by atoms with Gasteiger partial charge in [0.15, 0.2) is 17.3 Å². The fraction of sp³-hybridized carbons (Fsp3) is 0.0909. The van der Waals surface area contributed by atoms with Gasteiger partial charge >= 0.3 is 6.18 Å². The van der Waals surface area contributed by atoms with Gasteiger partial charge in [-0.15, -0.1) is 4.80 Å². The van der Waals surface area contributed by atoms with Crippen molar-refractivity contribution in [1.29, 1.82) is 0 Å². The van der Waals surface area contributed by atoms with Gasteiger partial charge < -0.3 is 5.32 Å². The van der Waals surface area contributed by atoms with E-state index in [2.05, 4.69) is 30.6 Å². The lowest BCUT2D eigenvalue weighted by Crippen LogP contribution is -2.21. The molecule has 0 aliphatic heterocycles. The van der Waals surface area contributed by atoms with Gasteiger partial charge in [-0.25, -0.2) is 14.6 Å². The van der Waals surface area contributed by atoms with Crippen molar-refractivity contribution in [3.8, 4) is 11.6 Å². The molecule has 0 aliphatic rings. The van der Waals surface area contributed by atoms with Gasteiger partial charge in [0.1, 0.15) is 0 Å². The number of benzene rings is 1. The molecule has 0 saturated heterocycles. The first-order valence-corrected chi connectivity index (χ1v) is 10.5. The van der Waals surface area contributed by atoms with Crippen molar-refractivity contribution < 1.29 is 18.0 Å². The zero-order valence-corrected chi connectivity index (χ0v) is 18.6. The second-order valence-corrected chi connectivity index (χ2v) is 7.83. The van der Waals surface area contributed by atoms with Crippen LogP contribution in [-0.4, -0.2) is 40.6 Å². The minimum absolute atomic E-state index is 0.0345. The van der Waals surface area contributed by atoms with E-state index in [4.69, 9.17) is 11.6 Å². The van der Waals surface area contributed by atoms with Crippen molar-refractivity contribution in [2.45, 2.75) is 13.1 Å². The Balaban J connectivity index is 1.55. The van der Waals surface area contributed by atoms with Crippen LogP contribution in [0.15, 0.2) is 61.2 Å². The maximum Gasteiger partial charge on any atom is 0.434 e. The summed E-state index contributed by atoms with van der Waals surface area (Å²) in [5, 5.41) is 15.3. The number of hydrogen-bond donors (Lipinski definition) is 1. The van der Waals surface area contributed by atoms with Crippen LogP contribution in [0.2, 0.25) is 5.02 Å². The second-order valence-electron chi connectivity index (χ2n) is 7.43. The zero-order chi connectivity index (χ0) is 24.7. The van der Waals surface area contributed by atoms with Gasteiger partial charge in [-0.1, -0.05) is 35.9 Å². The maximum atomic E-state index is 14.2. The molecule has 35 heavy (non-hydrogen) atoms. The van der Waals surface area contributed by atoms with E-state index in [1.54, 1.807) is 37.3 Å². The number of carbonyl (C=O) groups is 1. The van der Waals surface area contributed by atoms with Crippen molar-refractivity contribution in [3.05, 3.63) is 83.2 Å². The van der Waals surface area contributed by atoms with Gasteiger partial charge in [0.25, 0.3) is 5.91 Å². The van der Waals surface area contributed by atoms with E-state index in [0.29, 0.717) is 21.1 Å². The molecule has 1 amide bonds. The predicted octanol–water partition coefficient (Wildman–Crippen LogP) is 4.63. The summed E-state index contributed by atoms with van der Waals surface area (Å²) in [6, 6.07) is 9.94. The number of rotatable bonds is 4. The fourth-order valence-corrected chi connectivity index (χ4v) is 3.83. The third-order valence-electron chi connectivity index (χ3n) is 5.02. The first-order chi connectivity index (χ1) is 16.7. The molecule has 5 aromatic rings. The molecule has 4 aromatic heterocycles. The van der Waals surface area contributed by atoms with Crippen LogP contribution < -0.4 is 5.32 Å². The van der Waals surface area contributed by atoms with E-state index >= 15 is 0 Å². The largest absolute Gasteiger partial charge is 0.434 e. The summed E-state index contributed by atoms with van der Waals surface area (Å²) in [5.41, 5.74) is -1.36. The summed E-state index contributed by atoms with van der Waals surface area (Å²) in [6.07, 6.45) is 0.0393. The molecule has 0 fully saturated rings. The number of nitrogens with zero attached hydrogens (tertiary/aromatic N) is 7. The third kappa shape index (κ3) is 4.19. The number of alkyl halides is 3. The van der Waals surface area contributed by atoms with Crippen LogP contribution in [0.5, 0.6) is 0 Å². The van der Waals surface area contributed by atoms with E-state index in [-0.39, 0.29) is 22.3 Å². The highest BCUT2D eigenvalue weighted by Gasteiger charge is 2.41. The predicted molar refractivity (Wildman–Crippen MR) is 121 cm³/mol. The quantitative estimate of drug-likeness (QED) is 0.387. The van der Waals surface area contributed by atoms with E-state index in [0.717, 1.165) is 6.20 Å². The molecule has 176 valence electrons. The number of aromatic nitrogens is 7. The number of amides is 1. The molecule has 0 atom stereocenters. The lowest BCUT2D eigenvalue weighted by molar-refractivity contribution is -0.143. The van der Waals surface area contributed by atoms with Gasteiger partial charge in [-0.3, -0.25) is 4.79 Å². The Kier molecular flexibility index (Phi) is 5.44. The molecule has 4 heterocycles. The molecule has 0 bridgehead atoms. The Labute approximate surface area is 200 Å². The number of halogens is 4. The first-order valence-electron chi connectivity index (χ1n) is 10.1.